The van der Waals surface area contributed by atoms with Crippen molar-refractivity contribution in [1.29, 1.82) is 0 Å². The Kier molecular flexibility index (Phi) is 6.51. The molecule has 1 amide bonds. The summed E-state index contributed by atoms with van der Waals surface area (Å²) >= 11 is 0. The zero-order valence-corrected chi connectivity index (χ0v) is 19.4. The standard InChI is InChI=1S/C24H25F3N6O2/c1-13-14(2)33(12-19(13)30-22-9-8-21(28)31-32-22)23(34)18-10-20(35-3)17(11-29-18)15-4-6-16(7-5-15)24(25,26)27/h4-11,13-14,19H,12H2,1-3H3,(H2,28,31)(H,30,32)/t13-,14+,19+/m0/s1. The third-order valence-electron chi connectivity index (χ3n) is 6.39. The van der Waals surface area contributed by atoms with Crippen molar-refractivity contribution >= 4 is 17.5 Å². The molecule has 3 heterocycles. The first-order chi connectivity index (χ1) is 16.6. The number of nitrogen functional groups attached to an aromatic ring is 1. The molecule has 0 unspecified atom stereocenters. The lowest BCUT2D eigenvalue weighted by atomic mass is 10.00. The molecule has 1 aliphatic rings. The predicted octanol–water partition coefficient (Wildman–Crippen LogP) is 4.11. The van der Waals surface area contributed by atoms with Crippen molar-refractivity contribution in [2.45, 2.75) is 32.1 Å². The summed E-state index contributed by atoms with van der Waals surface area (Å²) in [5.74, 6) is 1.08. The van der Waals surface area contributed by atoms with Crippen LogP contribution in [0, 0.1) is 5.92 Å². The van der Waals surface area contributed by atoms with Gasteiger partial charge in [0, 0.05) is 36.5 Å². The first-order valence-electron chi connectivity index (χ1n) is 11.0. The lowest BCUT2D eigenvalue weighted by Crippen LogP contribution is -2.36. The maximum atomic E-state index is 13.3. The number of likely N-dealkylation sites (tertiary alicyclic amines) is 1. The Morgan fingerprint density at radius 1 is 1.14 bits per heavy atom. The van der Waals surface area contributed by atoms with Crippen LogP contribution in [-0.2, 0) is 6.18 Å². The van der Waals surface area contributed by atoms with Crippen LogP contribution < -0.4 is 15.8 Å². The van der Waals surface area contributed by atoms with Crippen LogP contribution in [0.4, 0.5) is 24.8 Å². The molecule has 35 heavy (non-hydrogen) atoms. The highest BCUT2D eigenvalue weighted by atomic mass is 19.4. The number of carbonyl (C=O) groups excluding carboxylic acids is 1. The Morgan fingerprint density at radius 2 is 1.86 bits per heavy atom. The van der Waals surface area contributed by atoms with E-state index in [-0.39, 0.29) is 29.6 Å². The summed E-state index contributed by atoms with van der Waals surface area (Å²) in [6, 6.07) is 9.46. The largest absolute Gasteiger partial charge is 0.496 e. The number of halogens is 3. The second-order valence-electron chi connectivity index (χ2n) is 8.50. The Balaban J connectivity index is 1.53. The molecule has 0 saturated carbocycles. The highest BCUT2D eigenvalue weighted by Crippen LogP contribution is 2.35. The van der Waals surface area contributed by atoms with Gasteiger partial charge in [-0.1, -0.05) is 19.1 Å². The number of hydrogen-bond donors (Lipinski definition) is 2. The number of amides is 1. The third-order valence-corrected chi connectivity index (χ3v) is 6.39. The minimum absolute atomic E-state index is 0.0554. The quantitative estimate of drug-likeness (QED) is 0.559. The molecule has 3 atom stereocenters. The molecular weight excluding hydrogens is 461 g/mol. The molecule has 1 saturated heterocycles. The molecule has 1 fully saturated rings. The fourth-order valence-electron chi connectivity index (χ4n) is 4.14. The molecule has 3 aromatic rings. The van der Waals surface area contributed by atoms with Crippen LogP contribution in [0.5, 0.6) is 5.75 Å². The van der Waals surface area contributed by atoms with E-state index in [1.807, 2.05) is 13.8 Å². The van der Waals surface area contributed by atoms with Gasteiger partial charge in [0.05, 0.1) is 12.7 Å². The van der Waals surface area contributed by atoms with Crippen molar-refractivity contribution in [3.05, 3.63) is 59.9 Å². The van der Waals surface area contributed by atoms with Gasteiger partial charge < -0.3 is 20.7 Å². The second kappa shape index (κ2) is 9.40. The van der Waals surface area contributed by atoms with E-state index in [1.165, 1.54) is 31.5 Å². The normalized spacial score (nSPS) is 20.1. The molecule has 184 valence electrons. The topological polar surface area (TPSA) is 106 Å². The van der Waals surface area contributed by atoms with Crippen molar-refractivity contribution in [2.75, 3.05) is 24.7 Å². The number of benzene rings is 1. The second-order valence-corrected chi connectivity index (χ2v) is 8.50. The van der Waals surface area contributed by atoms with Gasteiger partial charge >= 0.3 is 6.18 Å². The monoisotopic (exact) mass is 486 g/mol. The van der Waals surface area contributed by atoms with Gasteiger partial charge in [-0.25, -0.2) is 0 Å². The fourth-order valence-corrected chi connectivity index (χ4v) is 4.14. The van der Waals surface area contributed by atoms with Crippen molar-refractivity contribution in [3.8, 4) is 16.9 Å². The van der Waals surface area contributed by atoms with Gasteiger partial charge in [0.25, 0.3) is 5.91 Å². The number of alkyl halides is 3. The summed E-state index contributed by atoms with van der Waals surface area (Å²) in [5, 5.41) is 11.2. The molecule has 2 aromatic heterocycles. The highest BCUT2D eigenvalue weighted by Gasteiger charge is 2.40. The number of anilines is 2. The molecule has 1 aliphatic heterocycles. The van der Waals surface area contributed by atoms with Gasteiger partial charge in [0.2, 0.25) is 0 Å². The minimum Gasteiger partial charge on any atom is -0.496 e. The highest BCUT2D eigenvalue weighted by molar-refractivity contribution is 5.94. The molecule has 3 N–H and O–H groups in total. The van der Waals surface area contributed by atoms with Crippen LogP contribution in [-0.4, -0.2) is 51.7 Å². The van der Waals surface area contributed by atoms with E-state index in [9.17, 15) is 18.0 Å². The number of nitrogens with two attached hydrogens (primary N) is 1. The van der Waals surface area contributed by atoms with Crippen LogP contribution >= 0.6 is 0 Å². The molecule has 0 spiro atoms. The Morgan fingerprint density at radius 3 is 2.46 bits per heavy atom. The summed E-state index contributed by atoms with van der Waals surface area (Å²) in [6.07, 6.45) is -2.98. The maximum Gasteiger partial charge on any atom is 0.416 e. The minimum atomic E-state index is -4.42. The van der Waals surface area contributed by atoms with Gasteiger partial charge in [-0.05, 0) is 42.7 Å². The zero-order chi connectivity index (χ0) is 25.3. The third kappa shape index (κ3) is 4.98. The first kappa shape index (κ1) is 24.2. The van der Waals surface area contributed by atoms with Crippen LogP contribution in [0.15, 0.2) is 48.7 Å². The fraction of sp³-hybridized carbons (Fsp3) is 0.333. The summed E-state index contributed by atoms with van der Waals surface area (Å²) in [5.41, 5.74) is 6.02. The zero-order valence-electron chi connectivity index (χ0n) is 19.4. The van der Waals surface area contributed by atoms with Crippen molar-refractivity contribution < 1.29 is 22.7 Å². The number of rotatable bonds is 5. The SMILES string of the molecule is COc1cc(C(=O)N2C[C@@H](Nc3ccc(N)nn3)[C@@H](C)[C@H]2C)ncc1-c1ccc(C(F)(F)F)cc1. The van der Waals surface area contributed by atoms with Crippen molar-refractivity contribution in [2.24, 2.45) is 5.92 Å². The number of pyridine rings is 1. The lowest BCUT2D eigenvalue weighted by Gasteiger charge is -2.23. The molecule has 0 bridgehead atoms. The van der Waals surface area contributed by atoms with Crippen LogP contribution in [0.1, 0.15) is 29.9 Å². The van der Waals surface area contributed by atoms with E-state index in [2.05, 4.69) is 20.5 Å². The number of nitrogens with one attached hydrogen (secondary N) is 1. The van der Waals surface area contributed by atoms with Gasteiger partial charge in [-0.15, -0.1) is 10.2 Å². The smallest absolute Gasteiger partial charge is 0.416 e. The summed E-state index contributed by atoms with van der Waals surface area (Å²) in [7, 11) is 1.44. The average molecular weight is 486 g/mol. The average Bonchev–Trinajstić information content (AvgIpc) is 3.12. The number of methoxy groups -OCH3 is 1. The van der Waals surface area contributed by atoms with Crippen molar-refractivity contribution in [1.82, 2.24) is 20.1 Å². The number of nitrogens with zero attached hydrogens (tertiary/aromatic N) is 4. The number of carbonyl (C=O) groups is 1. The van der Waals surface area contributed by atoms with Crippen LogP contribution in [0.3, 0.4) is 0 Å². The van der Waals surface area contributed by atoms with Crippen LogP contribution in [0.25, 0.3) is 11.1 Å². The molecule has 11 heteroatoms. The number of ether oxygens (including phenoxy) is 1. The summed E-state index contributed by atoms with van der Waals surface area (Å²) in [6.45, 7) is 4.44. The van der Waals surface area contributed by atoms with Gasteiger partial charge in [0.1, 0.15) is 23.1 Å². The molecular formula is C24H25F3N6O2. The predicted molar refractivity (Wildman–Crippen MR) is 125 cm³/mol. The van der Waals surface area contributed by atoms with E-state index < -0.39 is 11.7 Å². The Hall–Kier alpha value is -3.89. The molecule has 0 radical (unpaired) electrons. The van der Waals surface area contributed by atoms with Gasteiger partial charge in [-0.3, -0.25) is 9.78 Å². The summed E-state index contributed by atoms with van der Waals surface area (Å²) < 4.78 is 44.1. The van der Waals surface area contributed by atoms with Gasteiger partial charge in [-0.2, -0.15) is 13.2 Å². The number of aromatic nitrogens is 3. The summed E-state index contributed by atoms with van der Waals surface area (Å²) in [4.78, 5) is 19.4. The van der Waals surface area contributed by atoms with E-state index >= 15 is 0 Å². The maximum absolute atomic E-state index is 13.3. The van der Waals surface area contributed by atoms with E-state index in [0.29, 0.717) is 35.1 Å². The van der Waals surface area contributed by atoms with Crippen molar-refractivity contribution in [3.63, 3.8) is 0 Å². The van der Waals surface area contributed by atoms with Gasteiger partial charge in [0.15, 0.2) is 0 Å². The Bertz CT molecular complexity index is 1200. The van der Waals surface area contributed by atoms with E-state index in [0.717, 1.165) is 12.1 Å². The van der Waals surface area contributed by atoms with Crippen LogP contribution in [0.2, 0.25) is 0 Å². The molecule has 4 rings (SSSR count). The lowest BCUT2D eigenvalue weighted by molar-refractivity contribution is -0.137. The Labute approximate surface area is 200 Å². The number of hydrogen-bond acceptors (Lipinski definition) is 7. The molecule has 0 aliphatic carbocycles. The first-order valence-corrected chi connectivity index (χ1v) is 11.0. The van der Waals surface area contributed by atoms with E-state index in [1.54, 1.807) is 17.0 Å². The van der Waals surface area contributed by atoms with E-state index in [4.69, 9.17) is 10.5 Å². The molecule has 8 nitrogen and oxygen atoms in total. The molecule has 1 aromatic carbocycles.